The smallest absolute Gasteiger partial charge is 0.265 e. The maximum Gasteiger partial charge on any atom is 0.265 e. The molecule has 0 saturated heterocycles. The molecular weight excluding hydrogens is 306 g/mol. The van der Waals surface area contributed by atoms with E-state index in [1.165, 1.54) is 29.7 Å². The highest BCUT2D eigenvalue weighted by atomic mass is 32.2. The van der Waals surface area contributed by atoms with Crippen LogP contribution in [0.15, 0.2) is 47.5 Å². The van der Waals surface area contributed by atoms with Crippen molar-refractivity contribution in [3.8, 4) is 0 Å². The summed E-state index contributed by atoms with van der Waals surface area (Å²) in [5, 5.41) is 0. The fraction of sp³-hybridized carbons (Fsp3) is 0.143. The Labute approximate surface area is 129 Å². The van der Waals surface area contributed by atoms with E-state index < -0.39 is 10.0 Å². The third kappa shape index (κ3) is 3.20. The molecule has 0 radical (unpaired) electrons. The number of hydrogen-bond donors (Lipinski definition) is 1. The number of benzene rings is 1. The van der Waals surface area contributed by atoms with Crippen LogP contribution in [0.3, 0.4) is 0 Å². The van der Waals surface area contributed by atoms with Crippen LogP contribution in [0.4, 0.5) is 5.69 Å². The number of aryl methyl sites for hydroxylation is 1. The second-order valence-corrected chi connectivity index (χ2v) is 6.96. The molecule has 1 heterocycles. The highest BCUT2D eigenvalue weighted by Crippen LogP contribution is 2.22. The molecule has 1 aromatic heterocycles. The number of hydrogen-bond acceptors (Lipinski definition) is 4. The van der Waals surface area contributed by atoms with Crippen molar-refractivity contribution in [2.45, 2.75) is 11.8 Å². The van der Waals surface area contributed by atoms with Gasteiger partial charge in [0, 0.05) is 13.2 Å². The Balaban J connectivity index is 2.39. The molecule has 5 nitrogen and oxygen atoms in total. The van der Waals surface area contributed by atoms with Gasteiger partial charge in [-0.2, -0.15) is 0 Å². The predicted octanol–water partition coefficient (Wildman–Crippen LogP) is 1.85. The molecule has 2 aromatic rings. The number of anilines is 1. The van der Waals surface area contributed by atoms with Crippen LogP contribution < -0.4 is 10.0 Å². The zero-order valence-corrected chi connectivity index (χ0v) is 13.3. The largest absolute Gasteiger partial charge is 0.388 e. The van der Waals surface area contributed by atoms with Gasteiger partial charge in [-0.25, -0.2) is 8.42 Å². The molecule has 0 atom stereocenters. The molecule has 2 rings (SSSR count). The van der Waals surface area contributed by atoms with Crippen LogP contribution >= 0.6 is 12.2 Å². The van der Waals surface area contributed by atoms with E-state index in [0.29, 0.717) is 11.4 Å². The molecule has 2 N–H and O–H groups in total. The van der Waals surface area contributed by atoms with Crippen LogP contribution in [0.2, 0.25) is 0 Å². The van der Waals surface area contributed by atoms with E-state index in [0.717, 1.165) is 5.56 Å². The minimum atomic E-state index is -3.66. The van der Waals surface area contributed by atoms with Crippen molar-refractivity contribution in [1.82, 2.24) is 4.98 Å². The van der Waals surface area contributed by atoms with Gasteiger partial charge in [0.15, 0.2) is 0 Å². The average molecular weight is 321 g/mol. The second-order valence-electron chi connectivity index (χ2n) is 4.55. The molecule has 0 amide bonds. The van der Waals surface area contributed by atoms with E-state index in [9.17, 15) is 8.42 Å². The van der Waals surface area contributed by atoms with Gasteiger partial charge in [0.05, 0.1) is 11.4 Å². The number of thiocarbonyl (C=S) groups is 1. The first-order valence-electron chi connectivity index (χ1n) is 6.14. The molecule has 0 unspecified atom stereocenters. The lowest BCUT2D eigenvalue weighted by Gasteiger charge is -2.19. The quantitative estimate of drug-likeness (QED) is 0.870. The summed E-state index contributed by atoms with van der Waals surface area (Å²) in [7, 11) is -2.16. The Kier molecular flexibility index (Phi) is 4.24. The molecule has 0 aliphatic rings. The fourth-order valence-electron chi connectivity index (χ4n) is 1.80. The summed E-state index contributed by atoms with van der Waals surface area (Å²) in [6.07, 6.45) is 1.26. The van der Waals surface area contributed by atoms with E-state index in [-0.39, 0.29) is 9.88 Å². The Morgan fingerprint density at radius 1 is 1.29 bits per heavy atom. The van der Waals surface area contributed by atoms with E-state index in [1.807, 2.05) is 19.1 Å². The number of nitrogens with two attached hydrogens (primary N) is 1. The van der Waals surface area contributed by atoms with Gasteiger partial charge in [0.1, 0.15) is 9.88 Å². The number of pyridine rings is 1. The molecule has 1 aromatic carbocycles. The molecule has 0 fully saturated rings. The van der Waals surface area contributed by atoms with Crippen LogP contribution in [0.5, 0.6) is 0 Å². The van der Waals surface area contributed by atoms with Gasteiger partial charge >= 0.3 is 0 Å². The normalized spacial score (nSPS) is 11.1. The lowest BCUT2D eigenvalue weighted by Crippen LogP contribution is -2.27. The number of nitrogens with zero attached hydrogens (tertiary/aromatic N) is 2. The van der Waals surface area contributed by atoms with Crippen molar-refractivity contribution in [3.63, 3.8) is 0 Å². The van der Waals surface area contributed by atoms with Crippen molar-refractivity contribution in [3.05, 3.63) is 53.9 Å². The molecule has 0 saturated carbocycles. The standard InChI is InChI=1S/C14H15N3O2S2/c1-10-4-3-5-11(8-10)17(2)21(18,19)12-6-7-13(14(15)20)16-9-12/h3-9H,1-2H3,(H2,15,20). The van der Waals surface area contributed by atoms with Gasteiger partial charge in [0.2, 0.25) is 0 Å². The number of rotatable bonds is 4. The Morgan fingerprint density at radius 2 is 2.00 bits per heavy atom. The number of sulfonamides is 1. The molecular formula is C14H15N3O2S2. The highest BCUT2D eigenvalue weighted by molar-refractivity contribution is 7.92. The van der Waals surface area contributed by atoms with Gasteiger partial charge in [-0.05, 0) is 36.8 Å². The maximum atomic E-state index is 12.5. The Morgan fingerprint density at radius 3 is 2.52 bits per heavy atom. The number of aromatic nitrogens is 1. The molecule has 110 valence electrons. The van der Waals surface area contributed by atoms with Gasteiger partial charge in [0.25, 0.3) is 10.0 Å². The van der Waals surface area contributed by atoms with E-state index in [4.69, 9.17) is 18.0 Å². The third-order valence-corrected chi connectivity index (χ3v) is 4.99. The van der Waals surface area contributed by atoms with Crippen LogP contribution in [-0.2, 0) is 10.0 Å². The highest BCUT2D eigenvalue weighted by Gasteiger charge is 2.21. The molecule has 0 bridgehead atoms. The van der Waals surface area contributed by atoms with Crippen molar-refractivity contribution in [1.29, 1.82) is 0 Å². The predicted molar refractivity (Wildman–Crippen MR) is 86.9 cm³/mol. The summed E-state index contributed by atoms with van der Waals surface area (Å²) < 4.78 is 26.3. The maximum absolute atomic E-state index is 12.5. The van der Waals surface area contributed by atoms with Crippen molar-refractivity contribution in [2.24, 2.45) is 5.73 Å². The third-order valence-electron chi connectivity index (χ3n) is 3.01. The Bertz CT molecular complexity index is 771. The van der Waals surface area contributed by atoms with Crippen molar-refractivity contribution < 1.29 is 8.42 Å². The summed E-state index contributed by atoms with van der Waals surface area (Å²) in [6.45, 7) is 1.91. The molecule has 21 heavy (non-hydrogen) atoms. The zero-order chi connectivity index (χ0) is 15.6. The van der Waals surface area contributed by atoms with Gasteiger partial charge < -0.3 is 5.73 Å². The summed E-state index contributed by atoms with van der Waals surface area (Å²) in [5.74, 6) is 0. The topological polar surface area (TPSA) is 76.3 Å². The van der Waals surface area contributed by atoms with Gasteiger partial charge in [-0.3, -0.25) is 9.29 Å². The summed E-state index contributed by atoms with van der Waals surface area (Å²) >= 11 is 4.80. The minimum Gasteiger partial charge on any atom is -0.388 e. The Hall–Kier alpha value is -1.99. The minimum absolute atomic E-state index is 0.0894. The monoisotopic (exact) mass is 321 g/mol. The SMILES string of the molecule is Cc1cccc(N(C)S(=O)(=O)c2ccc(C(N)=S)nc2)c1. The lowest BCUT2D eigenvalue weighted by atomic mass is 10.2. The van der Waals surface area contributed by atoms with E-state index in [1.54, 1.807) is 12.1 Å². The van der Waals surface area contributed by atoms with Crippen LogP contribution in [0.1, 0.15) is 11.3 Å². The molecule has 7 heteroatoms. The van der Waals surface area contributed by atoms with E-state index in [2.05, 4.69) is 4.98 Å². The lowest BCUT2D eigenvalue weighted by molar-refractivity contribution is 0.594. The summed E-state index contributed by atoms with van der Waals surface area (Å²) in [6, 6.07) is 10.2. The van der Waals surface area contributed by atoms with Gasteiger partial charge in [-0.1, -0.05) is 24.4 Å². The van der Waals surface area contributed by atoms with Gasteiger partial charge in [-0.15, -0.1) is 0 Å². The van der Waals surface area contributed by atoms with Crippen LogP contribution in [-0.4, -0.2) is 25.4 Å². The van der Waals surface area contributed by atoms with E-state index >= 15 is 0 Å². The first-order valence-corrected chi connectivity index (χ1v) is 7.98. The molecule has 0 aliphatic carbocycles. The van der Waals surface area contributed by atoms with Crippen LogP contribution in [0, 0.1) is 6.92 Å². The van der Waals surface area contributed by atoms with Crippen molar-refractivity contribution in [2.75, 3.05) is 11.4 Å². The first-order chi connectivity index (χ1) is 9.82. The second kappa shape index (κ2) is 5.79. The molecule has 0 aliphatic heterocycles. The summed E-state index contributed by atoms with van der Waals surface area (Å²) in [4.78, 5) is 4.19. The average Bonchev–Trinajstić information content (AvgIpc) is 2.46. The summed E-state index contributed by atoms with van der Waals surface area (Å²) in [5.41, 5.74) is 7.41. The fourth-order valence-corrected chi connectivity index (χ4v) is 3.05. The molecule has 0 spiro atoms. The first kappa shape index (κ1) is 15.4. The van der Waals surface area contributed by atoms with Crippen molar-refractivity contribution >= 4 is 32.9 Å². The van der Waals surface area contributed by atoms with Crippen LogP contribution in [0.25, 0.3) is 0 Å². The zero-order valence-electron chi connectivity index (χ0n) is 11.6.